The Bertz CT molecular complexity index is 904. The van der Waals surface area contributed by atoms with Gasteiger partial charge in [0.15, 0.2) is 0 Å². The van der Waals surface area contributed by atoms with Gasteiger partial charge in [-0.25, -0.2) is 0 Å². The average Bonchev–Trinajstić information content (AvgIpc) is 2.75. The van der Waals surface area contributed by atoms with E-state index < -0.39 is 12.2 Å². The first-order valence-corrected chi connectivity index (χ1v) is 9.28. The van der Waals surface area contributed by atoms with Crippen LogP contribution in [0.4, 0.5) is 11.4 Å². The zero-order valence-corrected chi connectivity index (χ0v) is 16.0. The molecule has 0 radical (unpaired) electrons. The van der Waals surface area contributed by atoms with Gasteiger partial charge < -0.3 is 20.1 Å². The number of benzene rings is 3. The van der Waals surface area contributed by atoms with Crippen LogP contribution in [0.3, 0.4) is 0 Å². The van der Waals surface area contributed by atoms with Gasteiger partial charge in [0.1, 0.15) is 11.5 Å². The highest BCUT2D eigenvalue weighted by Gasteiger charge is 2.23. The Morgan fingerprint density at radius 1 is 0.759 bits per heavy atom. The highest BCUT2D eigenvalue weighted by Crippen LogP contribution is 2.19. The highest BCUT2D eigenvalue weighted by atomic mass is 16.7. The molecular formula is C23H22N2O4. The number of hydrogen-bond acceptors (Lipinski definition) is 4. The molecule has 0 aliphatic heterocycles. The molecular weight excluding hydrogens is 368 g/mol. The molecule has 6 heteroatoms. The quantitative estimate of drug-likeness (QED) is 0.557. The third kappa shape index (κ3) is 6.10. The Kier molecular flexibility index (Phi) is 6.84. The number of amides is 2. The van der Waals surface area contributed by atoms with Gasteiger partial charge in [-0.05, 0) is 42.5 Å². The monoisotopic (exact) mass is 390 g/mol. The summed E-state index contributed by atoms with van der Waals surface area (Å²) in [7, 11) is 0. The first kappa shape index (κ1) is 19.9. The number of carbonyl (C=O) groups excluding carboxylic acids is 2. The van der Waals surface area contributed by atoms with E-state index >= 15 is 0 Å². The van der Waals surface area contributed by atoms with Gasteiger partial charge in [-0.1, -0.05) is 49.4 Å². The van der Waals surface area contributed by atoms with Crippen molar-refractivity contribution >= 4 is 23.2 Å². The Labute approximate surface area is 169 Å². The van der Waals surface area contributed by atoms with Crippen molar-refractivity contribution in [1.82, 2.24) is 0 Å². The van der Waals surface area contributed by atoms with Crippen molar-refractivity contribution < 1.29 is 19.1 Å². The van der Waals surface area contributed by atoms with E-state index in [4.69, 9.17) is 9.47 Å². The largest absolute Gasteiger partial charge is 0.446 e. The fourth-order valence-electron chi connectivity index (χ4n) is 2.50. The van der Waals surface area contributed by atoms with Crippen LogP contribution in [0.2, 0.25) is 0 Å². The molecule has 0 unspecified atom stereocenters. The van der Waals surface area contributed by atoms with Crippen molar-refractivity contribution in [2.45, 2.75) is 19.6 Å². The Morgan fingerprint density at radius 2 is 1.28 bits per heavy atom. The lowest BCUT2D eigenvalue weighted by Crippen LogP contribution is -2.38. The van der Waals surface area contributed by atoms with E-state index in [1.807, 2.05) is 36.4 Å². The van der Waals surface area contributed by atoms with Crippen LogP contribution < -0.4 is 20.1 Å². The molecule has 0 aromatic heterocycles. The number of ether oxygens (including phenoxy) is 2. The fraction of sp³-hybridized carbons (Fsp3) is 0.130. The van der Waals surface area contributed by atoms with Gasteiger partial charge in [0.05, 0.1) is 0 Å². The molecule has 2 N–H and O–H groups in total. The molecule has 0 fully saturated rings. The molecule has 0 aliphatic carbocycles. The van der Waals surface area contributed by atoms with Crippen LogP contribution >= 0.6 is 0 Å². The number of nitrogens with one attached hydrogen (secondary N) is 2. The van der Waals surface area contributed by atoms with E-state index in [0.29, 0.717) is 29.3 Å². The minimum absolute atomic E-state index is 0.105. The van der Waals surface area contributed by atoms with Gasteiger partial charge in [-0.15, -0.1) is 0 Å². The first-order chi connectivity index (χ1) is 14.1. The molecule has 3 aromatic rings. The van der Waals surface area contributed by atoms with Crippen LogP contribution in [-0.4, -0.2) is 18.1 Å². The molecule has 0 heterocycles. The SMILES string of the molecule is CCC(=O)Nc1cccc(NC(=O)C(Oc2ccccc2)Oc2ccccc2)c1. The van der Waals surface area contributed by atoms with Crippen molar-refractivity contribution in [1.29, 1.82) is 0 Å². The van der Waals surface area contributed by atoms with Crippen molar-refractivity contribution in [3.05, 3.63) is 84.9 Å². The first-order valence-electron chi connectivity index (χ1n) is 9.28. The second-order valence-electron chi connectivity index (χ2n) is 6.17. The lowest BCUT2D eigenvalue weighted by molar-refractivity contribution is -0.134. The molecule has 0 saturated heterocycles. The molecule has 0 bridgehead atoms. The van der Waals surface area contributed by atoms with Gasteiger partial charge in [-0.2, -0.15) is 0 Å². The number of rotatable bonds is 8. The number of carbonyl (C=O) groups is 2. The fourth-order valence-corrected chi connectivity index (χ4v) is 2.50. The standard InChI is InChI=1S/C23H22N2O4/c1-2-21(26)24-17-10-9-11-18(16-17)25-22(27)23(28-19-12-5-3-6-13-19)29-20-14-7-4-8-15-20/h3-16,23H,2H2,1H3,(H,24,26)(H,25,27). The van der Waals surface area contributed by atoms with Crippen molar-refractivity contribution in [2.75, 3.05) is 10.6 Å². The van der Waals surface area contributed by atoms with Crippen LogP contribution in [0.5, 0.6) is 11.5 Å². The van der Waals surface area contributed by atoms with Gasteiger partial charge in [0, 0.05) is 17.8 Å². The summed E-state index contributed by atoms with van der Waals surface area (Å²) < 4.78 is 11.5. The zero-order valence-electron chi connectivity index (χ0n) is 16.0. The predicted octanol–water partition coefficient (Wildman–Crippen LogP) is 4.46. The predicted molar refractivity (Wildman–Crippen MR) is 112 cm³/mol. The smallest absolute Gasteiger partial charge is 0.321 e. The van der Waals surface area contributed by atoms with Crippen molar-refractivity contribution in [2.24, 2.45) is 0 Å². The van der Waals surface area contributed by atoms with E-state index in [9.17, 15) is 9.59 Å². The van der Waals surface area contributed by atoms with Crippen LogP contribution in [0.1, 0.15) is 13.3 Å². The summed E-state index contributed by atoms with van der Waals surface area (Å²) in [5.41, 5.74) is 1.11. The van der Waals surface area contributed by atoms with E-state index in [-0.39, 0.29) is 5.91 Å². The second kappa shape index (κ2) is 9.94. The van der Waals surface area contributed by atoms with Crippen LogP contribution in [-0.2, 0) is 9.59 Å². The van der Waals surface area contributed by atoms with Crippen LogP contribution in [0.25, 0.3) is 0 Å². The summed E-state index contributed by atoms with van der Waals surface area (Å²) in [5, 5.41) is 5.54. The summed E-state index contributed by atoms with van der Waals surface area (Å²) in [6, 6.07) is 24.8. The highest BCUT2D eigenvalue weighted by molar-refractivity contribution is 5.95. The normalized spacial score (nSPS) is 10.3. The van der Waals surface area contributed by atoms with E-state index in [0.717, 1.165) is 0 Å². The van der Waals surface area contributed by atoms with Gasteiger partial charge in [0.25, 0.3) is 0 Å². The Morgan fingerprint density at radius 3 is 1.79 bits per heavy atom. The van der Waals surface area contributed by atoms with E-state index in [1.54, 1.807) is 55.5 Å². The number of anilines is 2. The van der Waals surface area contributed by atoms with E-state index in [2.05, 4.69) is 10.6 Å². The summed E-state index contributed by atoms with van der Waals surface area (Å²) in [6.07, 6.45) is -0.831. The molecule has 6 nitrogen and oxygen atoms in total. The molecule has 0 atom stereocenters. The average molecular weight is 390 g/mol. The lowest BCUT2D eigenvalue weighted by Gasteiger charge is -2.20. The lowest BCUT2D eigenvalue weighted by atomic mass is 10.2. The maximum absolute atomic E-state index is 12.9. The third-order valence-electron chi connectivity index (χ3n) is 3.92. The molecule has 148 valence electrons. The van der Waals surface area contributed by atoms with Gasteiger partial charge in [0.2, 0.25) is 5.91 Å². The zero-order chi connectivity index (χ0) is 20.5. The van der Waals surface area contributed by atoms with Crippen molar-refractivity contribution in [3.63, 3.8) is 0 Å². The molecule has 29 heavy (non-hydrogen) atoms. The van der Waals surface area contributed by atoms with Crippen LogP contribution in [0.15, 0.2) is 84.9 Å². The minimum Gasteiger partial charge on any atom is -0.446 e. The van der Waals surface area contributed by atoms with Crippen LogP contribution in [0, 0.1) is 0 Å². The molecule has 0 saturated carbocycles. The molecule has 3 rings (SSSR count). The summed E-state index contributed by atoms with van der Waals surface area (Å²) in [4.78, 5) is 24.5. The Balaban J connectivity index is 1.75. The number of hydrogen-bond donors (Lipinski definition) is 2. The third-order valence-corrected chi connectivity index (χ3v) is 3.92. The van der Waals surface area contributed by atoms with Crippen molar-refractivity contribution in [3.8, 4) is 11.5 Å². The summed E-state index contributed by atoms with van der Waals surface area (Å²) in [5.74, 6) is 0.433. The maximum atomic E-state index is 12.9. The Hall–Kier alpha value is -3.80. The number of para-hydroxylation sites is 2. The maximum Gasteiger partial charge on any atom is 0.321 e. The van der Waals surface area contributed by atoms with E-state index in [1.165, 1.54) is 0 Å². The summed E-state index contributed by atoms with van der Waals surface area (Å²) in [6.45, 7) is 1.77. The second-order valence-corrected chi connectivity index (χ2v) is 6.17. The molecule has 0 aliphatic rings. The molecule has 2 amide bonds. The van der Waals surface area contributed by atoms with Gasteiger partial charge in [-0.3, -0.25) is 9.59 Å². The van der Waals surface area contributed by atoms with Gasteiger partial charge >= 0.3 is 12.2 Å². The summed E-state index contributed by atoms with van der Waals surface area (Å²) >= 11 is 0. The topological polar surface area (TPSA) is 76.7 Å². The molecule has 3 aromatic carbocycles. The molecule has 0 spiro atoms. The minimum atomic E-state index is -1.20.